The highest BCUT2D eigenvalue weighted by Gasteiger charge is 2.53. The molecular weight excluding hydrogens is 468 g/mol. The third-order valence-electron chi connectivity index (χ3n) is 10.1. The molecule has 3 saturated carbocycles. The van der Waals surface area contributed by atoms with E-state index in [9.17, 15) is 18.6 Å². The summed E-state index contributed by atoms with van der Waals surface area (Å²) < 4.78 is 25.6. The van der Waals surface area contributed by atoms with Crippen molar-refractivity contribution in [3.8, 4) is 0 Å². The van der Waals surface area contributed by atoms with Gasteiger partial charge in [0, 0.05) is 6.42 Å². The summed E-state index contributed by atoms with van der Waals surface area (Å²) in [4.78, 5) is 0. The van der Waals surface area contributed by atoms with Crippen LogP contribution >= 0.6 is 0 Å². The van der Waals surface area contributed by atoms with E-state index in [4.69, 9.17) is 0 Å². The zero-order valence-corrected chi connectivity index (χ0v) is 24.0. The molecule has 4 aliphatic carbocycles. The molecule has 2 unspecified atom stereocenters. The summed E-state index contributed by atoms with van der Waals surface area (Å²) in [5, 5.41) is 20.3. The Bertz CT molecular complexity index is 1070. The van der Waals surface area contributed by atoms with E-state index in [0.717, 1.165) is 62.5 Å². The fourth-order valence-corrected chi connectivity index (χ4v) is 10.1. The molecule has 0 bridgehead atoms. The van der Waals surface area contributed by atoms with E-state index >= 15 is 0 Å². The van der Waals surface area contributed by atoms with E-state index in [-0.39, 0.29) is 5.41 Å². The first-order chi connectivity index (χ1) is 16.7. The zero-order valence-electron chi connectivity index (χ0n) is 23.1. The number of fused-ring (bicyclic) bond motifs is 1. The first-order valence-electron chi connectivity index (χ1n) is 14.1. The van der Waals surface area contributed by atoms with Crippen LogP contribution in [0.4, 0.5) is 0 Å². The quantitative estimate of drug-likeness (QED) is 0.390. The molecule has 202 valence electrons. The molecule has 0 amide bonds. The lowest BCUT2D eigenvalue weighted by atomic mass is 9.62. The summed E-state index contributed by atoms with van der Waals surface area (Å²) in [7, 11) is -3.18. The largest absolute Gasteiger partial charge is 0.393 e. The second kappa shape index (κ2) is 9.85. The Morgan fingerprint density at radius 2 is 1.86 bits per heavy atom. The van der Waals surface area contributed by atoms with E-state index < -0.39 is 31.5 Å². The number of hydrogen-bond acceptors (Lipinski definition) is 4. The maximum absolute atomic E-state index is 13.4. The van der Waals surface area contributed by atoms with E-state index in [1.165, 1.54) is 17.6 Å². The molecule has 4 rings (SSSR count). The first-order valence-corrected chi connectivity index (χ1v) is 15.6. The molecule has 5 atom stereocenters. The van der Waals surface area contributed by atoms with Crippen LogP contribution in [0, 0.1) is 17.3 Å². The van der Waals surface area contributed by atoms with Crippen LogP contribution in [0.1, 0.15) is 105 Å². The summed E-state index contributed by atoms with van der Waals surface area (Å²) in [6, 6.07) is 0. The Morgan fingerprint density at radius 3 is 2.47 bits per heavy atom. The maximum atomic E-state index is 13.4. The van der Waals surface area contributed by atoms with E-state index in [1.807, 2.05) is 20.8 Å². The Kier molecular flexibility index (Phi) is 7.62. The third kappa shape index (κ3) is 4.73. The molecule has 0 saturated heterocycles. The number of rotatable bonds is 6. The molecule has 5 heteroatoms. The Hall–Kier alpha value is -1.17. The van der Waals surface area contributed by atoms with Crippen molar-refractivity contribution in [2.24, 2.45) is 17.3 Å². The molecule has 0 aromatic heterocycles. The van der Waals surface area contributed by atoms with Crippen LogP contribution in [0.2, 0.25) is 0 Å². The van der Waals surface area contributed by atoms with Crippen molar-refractivity contribution < 1.29 is 18.6 Å². The maximum Gasteiger partial charge on any atom is 0.160 e. The number of hydrogen-bond donors (Lipinski definition) is 2. The third-order valence-corrected chi connectivity index (χ3v) is 13.4. The van der Waals surface area contributed by atoms with Gasteiger partial charge in [-0.2, -0.15) is 0 Å². The summed E-state index contributed by atoms with van der Waals surface area (Å²) >= 11 is 0. The minimum Gasteiger partial charge on any atom is -0.393 e. The van der Waals surface area contributed by atoms with Crippen molar-refractivity contribution in [3.05, 3.63) is 47.1 Å². The van der Waals surface area contributed by atoms with Crippen LogP contribution in [0.3, 0.4) is 0 Å². The van der Waals surface area contributed by atoms with Gasteiger partial charge in [0.1, 0.15) is 0 Å². The number of allylic oxidation sites excluding steroid dienone is 5. The van der Waals surface area contributed by atoms with Crippen LogP contribution in [0.15, 0.2) is 47.1 Å². The van der Waals surface area contributed by atoms with Gasteiger partial charge in [0.25, 0.3) is 0 Å². The molecule has 0 aliphatic heterocycles. The van der Waals surface area contributed by atoms with Gasteiger partial charge >= 0.3 is 0 Å². The van der Waals surface area contributed by atoms with E-state index in [1.54, 1.807) is 0 Å². The summed E-state index contributed by atoms with van der Waals surface area (Å²) in [5.74, 6) is 0.858. The smallest absolute Gasteiger partial charge is 0.160 e. The number of aliphatic hydroxyl groups is 2. The molecule has 3 fully saturated rings. The summed E-state index contributed by atoms with van der Waals surface area (Å²) in [6.45, 7) is 14.4. The molecule has 36 heavy (non-hydrogen) atoms. The van der Waals surface area contributed by atoms with Crippen LogP contribution < -0.4 is 0 Å². The van der Waals surface area contributed by atoms with Crippen molar-refractivity contribution in [3.63, 3.8) is 0 Å². The highest BCUT2D eigenvalue weighted by atomic mass is 32.2. The second-order valence-electron chi connectivity index (χ2n) is 13.4. The average Bonchev–Trinajstić information content (AvgIpc) is 3.11. The molecule has 2 N–H and O–H groups in total. The van der Waals surface area contributed by atoms with E-state index in [2.05, 4.69) is 38.7 Å². The van der Waals surface area contributed by atoms with E-state index in [0.29, 0.717) is 24.7 Å². The zero-order chi connectivity index (χ0) is 26.5. The molecule has 0 spiro atoms. The molecular formula is C31H48O4S. The molecule has 0 heterocycles. The van der Waals surface area contributed by atoms with Gasteiger partial charge in [-0.15, -0.1) is 0 Å². The van der Waals surface area contributed by atoms with Crippen LogP contribution in [0.25, 0.3) is 0 Å². The number of sulfone groups is 1. The minimum absolute atomic E-state index is 0.125. The minimum atomic E-state index is -3.18. The lowest BCUT2D eigenvalue weighted by molar-refractivity contribution is 0.0862. The number of aliphatic hydroxyl groups excluding tert-OH is 2. The normalized spacial score (nSPS) is 35.9. The highest BCUT2D eigenvalue weighted by molar-refractivity contribution is 7.94. The van der Waals surface area contributed by atoms with Crippen LogP contribution in [-0.4, -0.2) is 40.3 Å². The van der Waals surface area contributed by atoms with Gasteiger partial charge in [0.2, 0.25) is 0 Å². The van der Waals surface area contributed by atoms with Crippen LogP contribution in [0.5, 0.6) is 0 Å². The summed E-state index contributed by atoms with van der Waals surface area (Å²) in [6.07, 6.45) is 15.4. The lowest BCUT2D eigenvalue weighted by Gasteiger charge is -2.46. The molecule has 4 nitrogen and oxygen atoms in total. The van der Waals surface area contributed by atoms with Gasteiger partial charge in [0.15, 0.2) is 9.84 Å². The lowest BCUT2D eigenvalue weighted by Crippen LogP contribution is -2.52. The van der Waals surface area contributed by atoms with Crippen molar-refractivity contribution in [2.75, 3.05) is 0 Å². The SMILES string of the molecule is C=C1C(=CC=C2CCC[C@]3(C)C([C@H](C)CCC4(S(=O)(=O)C(C)(C)C)CCC4)=CC[C@@H]23)CC(O)CC1O. The fourth-order valence-electron chi connectivity index (χ4n) is 7.59. The van der Waals surface area contributed by atoms with Gasteiger partial charge in [0.05, 0.1) is 21.7 Å². The highest BCUT2D eigenvalue weighted by Crippen LogP contribution is 2.58. The van der Waals surface area contributed by atoms with Crippen molar-refractivity contribution in [1.82, 2.24) is 0 Å². The van der Waals surface area contributed by atoms with Crippen molar-refractivity contribution >= 4 is 9.84 Å². The Labute approximate surface area is 219 Å². The van der Waals surface area contributed by atoms with Gasteiger partial charge in [-0.1, -0.05) is 56.2 Å². The summed E-state index contributed by atoms with van der Waals surface area (Å²) in [5.41, 5.74) is 4.82. The molecule has 4 aliphatic rings. The Balaban J connectivity index is 1.48. The fraction of sp³-hybridized carbons (Fsp3) is 0.742. The Morgan fingerprint density at radius 1 is 1.17 bits per heavy atom. The predicted octanol–water partition coefficient (Wildman–Crippen LogP) is 6.60. The molecule has 0 aromatic carbocycles. The van der Waals surface area contributed by atoms with Crippen LogP contribution in [-0.2, 0) is 9.84 Å². The van der Waals surface area contributed by atoms with Gasteiger partial charge in [-0.05, 0) is 107 Å². The van der Waals surface area contributed by atoms with Gasteiger partial charge < -0.3 is 10.2 Å². The molecule has 0 radical (unpaired) electrons. The average molecular weight is 517 g/mol. The standard InChI is InChI=1S/C31H48O4S/c1-21(14-18-31(16-8-17-31)36(34,35)29(3,4)5)26-12-13-27-23(9-7-15-30(26,27)6)10-11-24-19-25(32)20-28(33)22(24)2/h10-12,21,25,27-28,32-33H,2,7-9,13-20H2,1,3-6H3/t21-,25?,27+,28?,30-/m1/s1. The van der Waals surface area contributed by atoms with Gasteiger partial charge in [-0.25, -0.2) is 8.42 Å². The second-order valence-corrected chi connectivity index (χ2v) is 16.5. The topological polar surface area (TPSA) is 74.6 Å². The van der Waals surface area contributed by atoms with Crippen molar-refractivity contribution in [1.29, 1.82) is 0 Å². The first kappa shape index (κ1) is 27.9. The van der Waals surface area contributed by atoms with Gasteiger partial charge in [-0.3, -0.25) is 0 Å². The van der Waals surface area contributed by atoms with Crippen molar-refractivity contribution in [2.45, 2.75) is 127 Å². The predicted molar refractivity (Wildman–Crippen MR) is 148 cm³/mol. The monoisotopic (exact) mass is 516 g/mol. The molecule has 0 aromatic rings.